The molecule has 1 saturated heterocycles. The fourth-order valence-corrected chi connectivity index (χ4v) is 2.34. The maximum atomic E-state index is 5.39. The molecule has 0 bridgehead atoms. The van der Waals surface area contributed by atoms with Crippen LogP contribution in [0, 0.1) is 0 Å². The van der Waals surface area contributed by atoms with Gasteiger partial charge in [0.25, 0.3) is 0 Å². The standard InChI is InChI=1S/C13H22N2O2/c1-3-15(10-12-5-4-6-17-12)9-11-7-13(16-2)8-14-11/h4-6,11,13-14H,3,7-10H2,1-2H3. The number of nitrogens with zero attached hydrogens (tertiary/aromatic N) is 1. The number of hydrogen-bond donors (Lipinski definition) is 1. The summed E-state index contributed by atoms with van der Waals surface area (Å²) < 4.78 is 10.7. The molecule has 1 aromatic heterocycles. The van der Waals surface area contributed by atoms with E-state index in [0.717, 1.165) is 38.4 Å². The van der Waals surface area contributed by atoms with E-state index in [1.54, 1.807) is 13.4 Å². The summed E-state index contributed by atoms with van der Waals surface area (Å²) in [4.78, 5) is 2.40. The second-order valence-electron chi connectivity index (χ2n) is 4.61. The minimum atomic E-state index is 0.377. The van der Waals surface area contributed by atoms with E-state index in [-0.39, 0.29) is 0 Å². The van der Waals surface area contributed by atoms with Crippen molar-refractivity contribution in [1.29, 1.82) is 0 Å². The zero-order valence-corrected chi connectivity index (χ0v) is 10.7. The lowest BCUT2D eigenvalue weighted by Crippen LogP contribution is -2.37. The molecule has 17 heavy (non-hydrogen) atoms. The van der Waals surface area contributed by atoms with E-state index in [4.69, 9.17) is 9.15 Å². The van der Waals surface area contributed by atoms with E-state index in [2.05, 4.69) is 17.1 Å². The minimum absolute atomic E-state index is 0.377. The normalized spacial score (nSPS) is 24.6. The highest BCUT2D eigenvalue weighted by atomic mass is 16.5. The Bertz CT molecular complexity index is 313. The van der Waals surface area contributed by atoms with Crippen LogP contribution in [0.3, 0.4) is 0 Å². The van der Waals surface area contributed by atoms with Gasteiger partial charge >= 0.3 is 0 Å². The van der Waals surface area contributed by atoms with Crippen LogP contribution in [0.5, 0.6) is 0 Å². The summed E-state index contributed by atoms with van der Waals surface area (Å²) >= 11 is 0. The Morgan fingerprint density at radius 3 is 3.06 bits per heavy atom. The third-order valence-corrected chi connectivity index (χ3v) is 3.40. The number of furan rings is 1. The highest BCUT2D eigenvalue weighted by Gasteiger charge is 2.25. The first kappa shape index (κ1) is 12.6. The van der Waals surface area contributed by atoms with Gasteiger partial charge in [-0.1, -0.05) is 6.92 Å². The van der Waals surface area contributed by atoms with Crippen LogP contribution in [-0.4, -0.2) is 43.8 Å². The molecule has 1 N–H and O–H groups in total. The largest absolute Gasteiger partial charge is 0.468 e. The summed E-state index contributed by atoms with van der Waals surface area (Å²) in [6.07, 6.45) is 3.21. The van der Waals surface area contributed by atoms with E-state index in [1.807, 2.05) is 12.1 Å². The Kier molecular flexibility index (Phi) is 4.59. The van der Waals surface area contributed by atoms with Gasteiger partial charge in [0.1, 0.15) is 5.76 Å². The van der Waals surface area contributed by atoms with E-state index in [0.29, 0.717) is 12.1 Å². The summed E-state index contributed by atoms with van der Waals surface area (Å²) in [6, 6.07) is 4.51. The molecule has 0 saturated carbocycles. The van der Waals surface area contributed by atoms with Crippen molar-refractivity contribution >= 4 is 0 Å². The molecule has 0 aromatic carbocycles. The summed E-state index contributed by atoms with van der Waals surface area (Å²) in [5.41, 5.74) is 0. The summed E-state index contributed by atoms with van der Waals surface area (Å²) in [5, 5.41) is 3.50. The lowest BCUT2D eigenvalue weighted by Gasteiger charge is -2.23. The van der Waals surface area contributed by atoms with Gasteiger partial charge < -0.3 is 14.5 Å². The molecule has 0 spiro atoms. The smallest absolute Gasteiger partial charge is 0.117 e. The van der Waals surface area contributed by atoms with Crippen LogP contribution >= 0.6 is 0 Å². The van der Waals surface area contributed by atoms with Crippen LogP contribution < -0.4 is 5.32 Å². The number of hydrogen-bond acceptors (Lipinski definition) is 4. The van der Waals surface area contributed by atoms with Crippen molar-refractivity contribution in [2.24, 2.45) is 0 Å². The molecule has 4 nitrogen and oxygen atoms in total. The lowest BCUT2D eigenvalue weighted by atomic mass is 10.2. The maximum Gasteiger partial charge on any atom is 0.117 e. The Balaban J connectivity index is 1.79. The Labute approximate surface area is 103 Å². The van der Waals surface area contributed by atoms with Gasteiger partial charge in [0.2, 0.25) is 0 Å². The molecule has 0 radical (unpaired) electrons. The van der Waals surface area contributed by atoms with E-state index in [9.17, 15) is 0 Å². The summed E-state index contributed by atoms with van der Waals surface area (Å²) in [7, 11) is 1.79. The van der Waals surface area contributed by atoms with Gasteiger partial charge in [-0.2, -0.15) is 0 Å². The van der Waals surface area contributed by atoms with Crippen molar-refractivity contribution in [2.75, 3.05) is 26.7 Å². The minimum Gasteiger partial charge on any atom is -0.468 e. The van der Waals surface area contributed by atoms with Gasteiger partial charge in [0.05, 0.1) is 18.9 Å². The lowest BCUT2D eigenvalue weighted by molar-refractivity contribution is 0.115. The van der Waals surface area contributed by atoms with Crippen LogP contribution in [0.1, 0.15) is 19.1 Å². The second-order valence-corrected chi connectivity index (χ2v) is 4.61. The van der Waals surface area contributed by atoms with Crippen LogP contribution in [0.25, 0.3) is 0 Å². The zero-order chi connectivity index (χ0) is 12.1. The molecule has 1 fully saturated rings. The molecule has 96 valence electrons. The molecule has 1 aliphatic rings. The Morgan fingerprint density at radius 1 is 1.59 bits per heavy atom. The molecular formula is C13H22N2O2. The average molecular weight is 238 g/mol. The Hall–Kier alpha value is -0.840. The highest BCUT2D eigenvalue weighted by molar-refractivity contribution is 4.98. The monoisotopic (exact) mass is 238 g/mol. The first-order valence-electron chi connectivity index (χ1n) is 6.32. The number of ether oxygens (including phenoxy) is 1. The van der Waals surface area contributed by atoms with Crippen LogP contribution in [0.4, 0.5) is 0 Å². The average Bonchev–Trinajstić information content (AvgIpc) is 2.99. The van der Waals surface area contributed by atoms with Gasteiger partial charge in [0.15, 0.2) is 0 Å². The van der Waals surface area contributed by atoms with Crippen LogP contribution in [0.2, 0.25) is 0 Å². The van der Waals surface area contributed by atoms with Gasteiger partial charge in [0, 0.05) is 26.2 Å². The number of likely N-dealkylation sites (N-methyl/N-ethyl adjacent to an activating group) is 1. The van der Waals surface area contributed by atoms with E-state index >= 15 is 0 Å². The molecule has 1 aliphatic heterocycles. The number of rotatable bonds is 6. The predicted molar refractivity (Wildman–Crippen MR) is 66.9 cm³/mol. The molecule has 4 heteroatoms. The molecular weight excluding hydrogens is 216 g/mol. The third-order valence-electron chi connectivity index (χ3n) is 3.40. The maximum absolute atomic E-state index is 5.39. The predicted octanol–water partition coefficient (Wildman–Crippen LogP) is 1.48. The van der Waals surface area contributed by atoms with Gasteiger partial charge in [-0.25, -0.2) is 0 Å². The molecule has 2 atom stereocenters. The van der Waals surface area contributed by atoms with Gasteiger partial charge in [-0.3, -0.25) is 4.90 Å². The summed E-state index contributed by atoms with van der Waals surface area (Å²) in [6.45, 7) is 6.14. The topological polar surface area (TPSA) is 37.6 Å². The molecule has 2 unspecified atom stereocenters. The first-order valence-corrected chi connectivity index (χ1v) is 6.32. The molecule has 2 heterocycles. The highest BCUT2D eigenvalue weighted by Crippen LogP contribution is 2.12. The molecule has 0 amide bonds. The van der Waals surface area contributed by atoms with Crippen molar-refractivity contribution < 1.29 is 9.15 Å². The molecule has 1 aromatic rings. The SMILES string of the molecule is CCN(Cc1ccco1)CC1CC(OC)CN1. The van der Waals surface area contributed by atoms with Crippen molar-refractivity contribution in [2.45, 2.75) is 32.0 Å². The van der Waals surface area contributed by atoms with Crippen molar-refractivity contribution in [3.8, 4) is 0 Å². The van der Waals surface area contributed by atoms with Crippen molar-refractivity contribution in [3.63, 3.8) is 0 Å². The first-order chi connectivity index (χ1) is 8.31. The fourth-order valence-electron chi connectivity index (χ4n) is 2.34. The quantitative estimate of drug-likeness (QED) is 0.814. The third kappa shape index (κ3) is 3.56. The fraction of sp³-hybridized carbons (Fsp3) is 0.692. The second kappa shape index (κ2) is 6.19. The number of methoxy groups -OCH3 is 1. The Morgan fingerprint density at radius 2 is 2.47 bits per heavy atom. The molecule has 2 rings (SSSR count). The van der Waals surface area contributed by atoms with Crippen LogP contribution in [-0.2, 0) is 11.3 Å². The van der Waals surface area contributed by atoms with Crippen LogP contribution in [0.15, 0.2) is 22.8 Å². The zero-order valence-electron chi connectivity index (χ0n) is 10.7. The van der Waals surface area contributed by atoms with E-state index < -0.39 is 0 Å². The van der Waals surface area contributed by atoms with Crippen molar-refractivity contribution in [3.05, 3.63) is 24.2 Å². The van der Waals surface area contributed by atoms with Gasteiger partial charge in [-0.05, 0) is 25.1 Å². The number of nitrogens with one attached hydrogen (secondary N) is 1. The van der Waals surface area contributed by atoms with Crippen molar-refractivity contribution in [1.82, 2.24) is 10.2 Å². The summed E-state index contributed by atoms with van der Waals surface area (Å²) in [5.74, 6) is 1.04. The molecule has 0 aliphatic carbocycles. The van der Waals surface area contributed by atoms with E-state index in [1.165, 1.54) is 0 Å². The van der Waals surface area contributed by atoms with Gasteiger partial charge in [-0.15, -0.1) is 0 Å².